The van der Waals surface area contributed by atoms with Crippen LogP contribution in [0.15, 0.2) is 24.3 Å². The zero-order valence-electron chi connectivity index (χ0n) is 16.4. The topological polar surface area (TPSA) is 82.1 Å². The first-order chi connectivity index (χ1) is 13.0. The van der Waals surface area contributed by atoms with E-state index in [0.717, 1.165) is 12.2 Å². The normalized spacial score (nSPS) is 11.6. The van der Waals surface area contributed by atoms with E-state index in [9.17, 15) is 8.42 Å². The Morgan fingerprint density at radius 1 is 0.815 bits per heavy atom. The van der Waals surface area contributed by atoms with Gasteiger partial charge in [0.1, 0.15) is 12.4 Å². The van der Waals surface area contributed by atoms with Crippen molar-refractivity contribution in [3.8, 4) is 5.75 Å². The van der Waals surface area contributed by atoms with Crippen molar-refractivity contribution in [3.05, 3.63) is 29.8 Å². The molecule has 0 fully saturated rings. The number of unbranched alkanes of at least 4 members (excludes halogenated alkanes) is 6. The van der Waals surface area contributed by atoms with Gasteiger partial charge in [-0.05, 0) is 30.5 Å². The maximum Gasteiger partial charge on any atom is 0.289 e. The molecule has 0 saturated heterocycles. The van der Waals surface area contributed by atoms with Gasteiger partial charge in [-0.2, -0.15) is 8.42 Å². The molecule has 0 spiro atoms. The standard InChI is InChI=1S/C20H34O6S/c1-2-3-4-5-6-7-8-9-19-10-12-20(13-11-19)26-17-16-24-14-15-25-18-27(21,22)23/h10-13H,2-9,14-18H2,1H3,(H,21,22,23). The molecule has 0 aromatic heterocycles. The van der Waals surface area contributed by atoms with Crippen LogP contribution in [0, 0.1) is 0 Å². The lowest BCUT2D eigenvalue weighted by molar-refractivity contribution is 0.0481. The Morgan fingerprint density at radius 3 is 2.07 bits per heavy atom. The summed E-state index contributed by atoms with van der Waals surface area (Å²) in [5, 5.41) is 0. The Bertz CT molecular complexity index is 571. The van der Waals surface area contributed by atoms with Gasteiger partial charge in [0, 0.05) is 0 Å². The summed E-state index contributed by atoms with van der Waals surface area (Å²) >= 11 is 0. The number of rotatable bonds is 17. The lowest BCUT2D eigenvalue weighted by Crippen LogP contribution is -2.14. The molecule has 0 radical (unpaired) electrons. The molecule has 1 rings (SSSR count). The molecular weight excluding hydrogens is 368 g/mol. The van der Waals surface area contributed by atoms with Crippen molar-refractivity contribution in [1.82, 2.24) is 0 Å². The van der Waals surface area contributed by atoms with E-state index in [-0.39, 0.29) is 13.2 Å². The second kappa shape index (κ2) is 14.9. The fraction of sp³-hybridized carbons (Fsp3) is 0.700. The summed E-state index contributed by atoms with van der Waals surface area (Å²) < 4.78 is 45.0. The van der Waals surface area contributed by atoms with E-state index in [1.54, 1.807) is 0 Å². The van der Waals surface area contributed by atoms with Crippen LogP contribution in [-0.4, -0.2) is 45.3 Å². The Labute approximate surface area is 164 Å². The zero-order valence-corrected chi connectivity index (χ0v) is 17.2. The van der Waals surface area contributed by atoms with Crippen molar-refractivity contribution in [2.75, 3.05) is 32.4 Å². The van der Waals surface area contributed by atoms with Crippen LogP contribution < -0.4 is 4.74 Å². The maximum atomic E-state index is 10.4. The second-order valence-electron chi connectivity index (χ2n) is 6.58. The lowest BCUT2D eigenvalue weighted by atomic mass is 10.0. The molecule has 0 unspecified atom stereocenters. The molecule has 0 atom stereocenters. The smallest absolute Gasteiger partial charge is 0.289 e. The average Bonchev–Trinajstić information content (AvgIpc) is 2.63. The summed E-state index contributed by atoms with van der Waals surface area (Å²) in [5.41, 5.74) is 1.34. The Kier molecular flexibility index (Phi) is 13.1. The Morgan fingerprint density at radius 2 is 1.41 bits per heavy atom. The Balaban J connectivity index is 2.01. The van der Waals surface area contributed by atoms with Gasteiger partial charge in [-0.25, -0.2) is 0 Å². The van der Waals surface area contributed by atoms with E-state index in [2.05, 4.69) is 19.1 Å². The minimum Gasteiger partial charge on any atom is -0.491 e. The molecular formula is C20H34O6S. The third-order valence-electron chi connectivity index (χ3n) is 4.09. The van der Waals surface area contributed by atoms with Crippen molar-refractivity contribution in [2.24, 2.45) is 0 Å². The molecule has 0 bridgehead atoms. The number of ether oxygens (including phenoxy) is 3. The molecule has 7 heteroatoms. The van der Waals surface area contributed by atoms with Crippen LogP contribution in [0.5, 0.6) is 5.75 Å². The largest absolute Gasteiger partial charge is 0.491 e. The molecule has 1 aromatic carbocycles. The first-order valence-electron chi connectivity index (χ1n) is 9.83. The maximum absolute atomic E-state index is 10.4. The first-order valence-corrected chi connectivity index (χ1v) is 11.4. The van der Waals surface area contributed by atoms with E-state index in [1.165, 1.54) is 50.5 Å². The molecule has 156 valence electrons. The van der Waals surface area contributed by atoms with Crippen LogP contribution in [0.25, 0.3) is 0 Å². The predicted molar refractivity (Wildman–Crippen MR) is 107 cm³/mol. The quantitative estimate of drug-likeness (QED) is 0.310. The summed E-state index contributed by atoms with van der Waals surface area (Å²) in [7, 11) is -4.08. The molecule has 0 aliphatic carbocycles. The van der Waals surface area contributed by atoms with Gasteiger partial charge in [-0.3, -0.25) is 4.55 Å². The highest BCUT2D eigenvalue weighted by molar-refractivity contribution is 7.85. The molecule has 0 saturated carbocycles. The molecule has 0 aliphatic heterocycles. The average molecular weight is 403 g/mol. The molecule has 0 heterocycles. The van der Waals surface area contributed by atoms with Crippen LogP contribution in [0.1, 0.15) is 57.4 Å². The number of hydrogen-bond donors (Lipinski definition) is 1. The molecule has 1 N–H and O–H groups in total. The van der Waals surface area contributed by atoms with Crippen molar-refractivity contribution in [2.45, 2.75) is 58.3 Å². The monoisotopic (exact) mass is 402 g/mol. The van der Waals surface area contributed by atoms with Gasteiger partial charge < -0.3 is 14.2 Å². The predicted octanol–water partition coefficient (Wildman–Crippen LogP) is 4.24. The number of benzene rings is 1. The van der Waals surface area contributed by atoms with Crippen LogP contribution in [0.2, 0.25) is 0 Å². The van der Waals surface area contributed by atoms with Gasteiger partial charge in [-0.15, -0.1) is 0 Å². The first kappa shape index (κ1) is 23.9. The van der Waals surface area contributed by atoms with E-state index in [1.807, 2.05) is 12.1 Å². The number of hydrogen-bond acceptors (Lipinski definition) is 5. The fourth-order valence-corrected chi connectivity index (χ4v) is 2.97. The van der Waals surface area contributed by atoms with Crippen LogP contribution in [0.4, 0.5) is 0 Å². The highest BCUT2D eigenvalue weighted by Crippen LogP contribution is 2.15. The van der Waals surface area contributed by atoms with Crippen molar-refractivity contribution in [3.63, 3.8) is 0 Å². The van der Waals surface area contributed by atoms with Crippen molar-refractivity contribution < 1.29 is 27.2 Å². The summed E-state index contributed by atoms with van der Waals surface area (Å²) in [4.78, 5) is 0. The van der Waals surface area contributed by atoms with E-state index < -0.39 is 16.1 Å². The lowest BCUT2D eigenvalue weighted by Gasteiger charge is -2.08. The van der Waals surface area contributed by atoms with Crippen LogP contribution in [-0.2, 0) is 26.0 Å². The third-order valence-corrected chi connectivity index (χ3v) is 4.56. The molecule has 1 aromatic rings. The third kappa shape index (κ3) is 14.6. The summed E-state index contributed by atoms with van der Waals surface area (Å²) in [5.74, 6) is 0.0995. The SMILES string of the molecule is CCCCCCCCCc1ccc(OCCOCCOCS(=O)(=O)O)cc1. The van der Waals surface area contributed by atoms with Gasteiger partial charge in [0.25, 0.3) is 10.1 Å². The van der Waals surface area contributed by atoms with Crippen molar-refractivity contribution >= 4 is 10.1 Å². The molecule has 0 amide bonds. The van der Waals surface area contributed by atoms with Gasteiger partial charge in [-0.1, -0.05) is 57.6 Å². The van der Waals surface area contributed by atoms with E-state index >= 15 is 0 Å². The van der Waals surface area contributed by atoms with E-state index in [0.29, 0.717) is 13.2 Å². The van der Waals surface area contributed by atoms with Crippen LogP contribution in [0.3, 0.4) is 0 Å². The van der Waals surface area contributed by atoms with Gasteiger partial charge >= 0.3 is 0 Å². The molecule has 27 heavy (non-hydrogen) atoms. The zero-order chi connectivity index (χ0) is 19.8. The van der Waals surface area contributed by atoms with Gasteiger partial charge in [0.15, 0.2) is 5.94 Å². The number of aryl methyl sites for hydroxylation is 1. The minimum absolute atomic E-state index is 0.104. The van der Waals surface area contributed by atoms with Crippen LogP contribution >= 0.6 is 0 Å². The summed E-state index contributed by atoms with van der Waals surface area (Å²) in [6, 6.07) is 8.17. The van der Waals surface area contributed by atoms with Crippen molar-refractivity contribution in [1.29, 1.82) is 0 Å². The summed E-state index contributed by atoms with van der Waals surface area (Å²) in [6.07, 6.45) is 10.4. The molecule has 6 nitrogen and oxygen atoms in total. The Hall–Kier alpha value is -1.15. The molecule has 0 aliphatic rings. The van der Waals surface area contributed by atoms with E-state index in [4.69, 9.17) is 18.8 Å². The van der Waals surface area contributed by atoms with Gasteiger partial charge in [0.05, 0.1) is 19.8 Å². The fourth-order valence-electron chi connectivity index (χ4n) is 2.64. The highest BCUT2D eigenvalue weighted by Gasteiger charge is 2.03. The minimum atomic E-state index is -4.08. The second-order valence-corrected chi connectivity index (χ2v) is 7.98. The summed E-state index contributed by atoms with van der Waals surface area (Å²) in [6.45, 7) is 3.39. The highest BCUT2D eigenvalue weighted by atomic mass is 32.2. The van der Waals surface area contributed by atoms with Gasteiger partial charge in [0.2, 0.25) is 0 Å².